The van der Waals surface area contributed by atoms with Crippen molar-refractivity contribution in [3.63, 3.8) is 0 Å². The Morgan fingerprint density at radius 3 is 2.23 bits per heavy atom. The number of allylic oxidation sites excluding steroid dienone is 1. The van der Waals surface area contributed by atoms with Gasteiger partial charge < -0.3 is 43.2 Å². The fourth-order valence-electron chi connectivity index (χ4n) is 3.60. The standard InChI is InChI=1S/C24H37NO9S/c26-5-8-30-15-16-33-23-19-20(22-2-1-17-35-22)18-21(34-23)24(27)25-3-6-28-9-11-31-13-14-32-12-10-29-7-4-25/h1-2,17-18,20,23,26H,3-16,19H2/t20-,23+/m1/s1. The molecule has 1 aromatic heterocycles. The summed E-state index contributed by atoms with van der Waals surface area (Å²) in [6, 6.07) is 4.05. The van der Waals surface area contributed by atoms with Crippen molar-refractivity contribution in [3.8, 4) is 0 Å². The molecule has 10 nitrogen and oxygen atoms in total. The summed E-state index contributed by atoms with van der Waals surface area (Å²) < 4.78 is 39.3. The summed E-state index contributed by atoms with van der Waals surface area (Å²) in [5.41, 5.74) is 0. The van der Waals surface area contributed by atoms with Crippen molar-refractivity contribution in [3.05, 3.63) is 34.2 Å². The van der Waals surface area contributed by atoms with Crippen molar-refractivity contribution in [2.75, 3.05) is 92.4 Å². The minimum absolute atomic E-state index is 0.0105. The van der Waals surface area contributed by atoms with E-state index in [0.29, 0.717) is 85.6 Å². The monoisotopic (exact) mass is 515 g/mol. The Kier molecular flexibility index (Phi) is 13.6. The maximum atomic E-state index is 13.5. The van der Waals surface area contributed by atoms with Crippen LogP contribution in [0, 0.1) is 0 Å². The number of ether oxygens (including phenoxy) is 7. The number of thiophene rings is 1. The van der Waals surface area contributed by atoms with E-state index < -0.39 is 6.29 Å². The fraction of sp³-hybridized carbons (Fsp3) is 0.708. The van der Waals surface area contributed by atoms with Gasteiger partial charge in [0.2, 0.25) is 6.29 Å². The summed E-state index contributed by atoms with van der Waals surface area (Å²) in [4.78, 5) is 16.3. The van der Waals surface area contributed by atoms with Gasteiger partial charge in [-0.1, -0.05) is 6.07 Å². The lowest BCUT2D eigenvalue weighted by molar-refractivity contribution is -0.157. The molecule has 0 spiro atoms. The maximum absolute atomic E-state index is 13.5. The number of amides is 1. The van der Waals surface area contributed by atoms with Crippen LogP contribution in [0.4, 0.5) is 0 Å². The highest BCUT2D eigenvalue weighted by Gasteiger charge is 2.31. The number of carbonyl (C=O) groups excluding carboxylic acids is 1. The van der Waals surface area contributed by atoms with Crippen LogP contribution >= 0.6 is 11.3 Å². The molecule has 2 aliphatic rings. The van der Waals surface area contributed by atoms with E-state index >= 15 is 0 Å². The third-order valence-corrected chi connectivity index (χ3v) is 6.36. The van der Waals surface area contributed by atoms with E-state index in [0.717, 1.165) is 4.88 Å². The molecule has 0 aromatic carbocycles. The average Bonchev–Trinajstić information content (AvgIpc) is 3.41. The Labute approximate surface area is 210 Å². The fourth-order valence-corrected chi connectivity index (χ4v) is 4.41. The second kappa shape index (κ2) is 17.0. The van der Waals surface area contributed by atoms with Gasteiger partial charge in [0.1, 0.15) is 0 Å². The largest absolute Gasteiger partial charge is 0.459 e. The van der Waals surface area contributed by atoms with E-state index in [4.69, 9.17) is 38.3 Å². The van der Waals surface area contributed by atoms with Gasteiger partial charge in [-0.15, -0.1) is 11.3 Å². The SMILES string of the molecule is O=C(C1=C[C@@H](c2cccs2)C[C@@H](OCCOCCO)O1)N1CCOCCOCCOCCOCC1. The van der Waals surface area contributed by atoms with Gasteiger partial charge in [0, 0.05) is 30.3 Å². The summed E-state index contributed by atoms with van der Waals surface area (Å²) in [5.74, 6) is 0.0530. The quantitative estimate of drug-likeness (QED) is 0.514. The van der Waals surface area contributed by atoms with Gasteiger partial charge in [-0.25, -0.2) is 0 Å². The Hall–Kier alpha value is -1.57. The molecule has 35 heavy (non-hydrogen) atoms. The van der Waals surface area contributed by atoms with Crippen LogP contribution in [0.3, 0.4) is 0 Å². The minimum atomic E-state index is -0.575. The molecule has 0 aliphatic carbocycles. The molecule has 0 bridgehead atoms. The number of nitrogens with zero attached hydrogens (tertiary/aromatic N) is 1. The number of hydrogen-bond donors (Lipinski definition) is 1. The average molecular weight is 516 g/mol. The number of aliphatic hydroxyl groups excluding tert-OH is 1. The highest BCUT2D eigenvalue weighted by molar-refractivity contribution is 7.10. The van der Waals surface area contributed by atoms with E-state index in [1.54, 1.807) is 16.2 Å². The molecule has 1 amide bonds. The summed E-state index contributed by atoms with van der Waals surface area (Å²) in [6.45, 7) is 5.33. The molecule has 1 aromatic rings. The maximum Gasteiger partial charge on any atom is 0.288 e. The Bertz CT molecular complexity index is 715. The minimum Gasteiger partial charge on any atom is -0.459 e. The molecule has 2 aliphatic heterocycles. The predicted molar refractivity (Wildman–Crippen MR) is 128 cm³/mol. The van der Waals surface area contributed by atoms with Crippen LogP contribution in [0.25, 0.3) is 0 Å². The van der Waals surface area contributed by atoms with Crippen molar-refractivity contribution in [1.29, 1.82) is 0 Å². The molecule has 1 N–H and O–H groups in total. The second-order valence-corrected chi connectivity index (χ2v) is 8.86. The molecule has 11 heteroatoms. The van der Waals surface area contributed by atoms with Gasteiger partial charge in [0.15, 0.2) is 5.76 Å². The van der Waals surface area contributed by atoms with Gasteiger partial charge >= 0.3 is 0 Å². The lowest BCUT2D eigenvalue weighted by atomic mass is 9.99. The molecule has 1 fully saturated rings. The zero-order valence-corrected chi connectivity index (χ0v) is 21.0. The third-order valence-electron chi connectivity index (χ3n) is 5.36. The summed E-state index contributed by atoms with van der Waals surface area (Å²) in [7, 11) is 0. The van der Waals surface area contributed by atoms with Gasteiger partial charge in [0.25, 0.3) is 5.91 Å². The van der Waals surface area contributed by atoms with E-state index in [-0.39, 0.29) is 30.8 Å². The van der Waals surface area contributed by atoms with Crippen LogP contribution in [-0.4, -0.2) is 115 Å². The molecule has 198 valence electrons. The van der Waals surface area contributed by atoms with Gasteiger partial charge in [-0.2, -0.15) is 0 Å². The number of aliphatic hydroxyl groups is 1. The van der Waals surface area contributed by atoms with E-state index in [1.807, 2.05) is 17.5 Å². The van der Waals surface area contributed by atoms with Crippen LogP contribution in [0.5, 0.6) is 0 Å². The van der Waals surface area contributed by atoms with Crippen molar-refractivity contribution in [1.82, 2.24) is 4.90 Å². The van der Waals surface area contributed by atoms with Gasteiger partial charge in [-0.3, -0.25) is 4.79 Å². The van der Waals surface area contributed by atoms with Crippen molar-refractivity contribution in [2.24, 2.45) is 0 Å². The van der Waals surface area contributed by atoms with Crippen LogP contribution in [-0.2, 0) is 38.0 Å². The van der Waals surface area contributed by atoms with Gasteiger partial charge in [-0.05, 0) is 17.5 Å². The highest BCUT2D eigenvalue weighted by atomic mass is 32.1. The summed E-state index contributed by atoms with van der Waals surface area (Å²) >= 11 is 1.64. The lowest BCUT2D eigenvalue weighted by Gasteiger charge is -2.31. The topological polar surface area (TPSA) is 105 Å². The highest BCUT2D eigenvalue weighted by Crippen LogP contribution is 2.34. The zero-order chi connectivity index (χ0) is 24.6. The first-order valence-corrected chi connectivity index (χ1v) is 13.0. The second-order valence-electron chi connectivity index (χ2n) is 7.88. The number of rotatable bonds is 8. The zero-order valence-electron chi connectivity index (χ0n) is 20.1. The van der Waals surface area contributed by atoms with E-state index in [9.17, 15) is 4.79 Å². The molecule has 0 saturated carbocycles. The Morgan fingerprint density at radius 2 is 1.63 bits per heavy atom. The summed E-state index contributed by atoms with van der Waals surface area (Å²) in [5, 5.41) is 10.9. The summed E-state index contributed by atoms with van der Waals surface area (Å²) in [6.07, 6.45) is 1.91. The van der Waals surface area contributed by atoms with Crippen LogP contribution in [0.2, 0.25) is 0 Å². The van der Waals surface area contributed by atoms with E-state index in [1.165, 1.54) is 0 Å². The predicted octanol–water partition coefficient (Wildman–Crippen LogP) is 1.40. The Balaban J connectivity index is 1.63. The van der Waals surface area contributed by atoms with Crippen LogP contribution in [0.15, 0.2) is 29.3 Å². The first-order chi connectivity index (χ1) is 17.3. The van der Waals surface area contributed by atoms with Crippen LogP contribution in [0.1, 0.15) is 17.2 Å². The number of carbonyl (C=O) groups is 1. The smallest absolute Gasteiger partial charge is 0.288 e. The third kappa shape index (κ3) is 10.5. The van der Waals surface area contributed by atoms with Crippen LogP contribution < -0.4 is 0 Å². The number of hydrogen-bond acceptors (Lipinski definition) is 10. The molecule has 3 rings (SSSR count). The van der Waals surface area contributed by atoms with E-state index in [2.05, 4.69) is 6.07 Å². The van der Waals surface area contributed by atoms with Crippen molar-refractivity contribution >= 4 is 17.2 Å². The molecule has 1 saturated heterocycles. The lowest BCUT2D eigenvalue weighted by Crippen LogP contribution is -2.40. The first kappa shape index (κ1) is 28.0. The Morgan fingerprint density at radius 1 is 0.971 bits per heavy atom. The first-order valence-electron chi connectivity index (χ1n) is 12.1. The van der Waals surface area contributed by atoms with Gasteiger partial charge in [0.05, 0.1) is 79.3 Å². The molecule has 3 heterocycles. The molecular formula is C24H37NO9S. The molecule has 2 atom stereocenters. The van der Waals surface area contributed by atoms with Crippen molar-refractivity contribution < 1.29 is 43.1 Å². The molecule has 0 radical (unpaired) electrons. The normalized spacial score (nSPS) is 23.6. The van der Waals surface area contributed by atoms with Crippen molar-refractivity contribution in [2.45, 2.75) is 18.6 Å². The molecular weight excluding hydrogens is 478 g/mol. The molecule has 0 unspecified atom stereocenters.